The molecular weight excluding hydrogens is 551 g/mol. The summed E-state index contributed by atoms with van der Waals surface area (Å²) in [6.45, 7) is 0. The Labute approximate surface area is 259 Å². The highest BCUT2D eigenvalue weighted by Gasteiger charge is 2.19. The number of hydrogen-bond donors (Lipinski definition) is 0. The molecule has 0 aliphatic carbocycles. The maximum Gasteiger partial charge on any atom is 0.0541 e. The van der Waals surface area contributed by atoms with Crippen LogP contribution in [0, 0.1) is 0 Å². The van der Waals surface area contributed by atoms with Gasteiger partial charge in [-0.15, -0.1) is 11.3 Å². The van der Waals surface area contributed by atoms with Crippen molar-refractivity contribution in [3.8, 4) is 39.1 Å². The summed E-state index contributed by atoms with van der Waals surface area (Å²) in [6, 6.07) is 59.6. The van der Waals surface area contributed by atoms with Crippen LogP contribution in [0.5, 0.6) is 0 Å². The van der Waals surface area contributed by atoms with Crippen molar-refractivity contribution in [2.45, 2.75) is 0 Å². The summed E-state index contributed by atoms with van der Waals surface area (Å²) in [5, 5.41) is 5.17. The van der Waals surface area contributed by atoms with Gasteiger partial charge in [-0.3, -0.25) is 0 Å². The summed E-state index contributed by atoms with van der Waals surface area (Å²) in [7, 11) is 0. The Morgan fingerprint density at radius 3 is 1.84 bits per heavy atom. The lowest BCUT2D eigenvalue weighted by molar-refractivity contribution is 1.18. The lowest BCUT2D eigenvalue weighted by Crippen LogP contribution is -1.98. The van der Waals surface area contributed by atoms with Gasteiger partial charge in [-0.05, 0) is 52.6 Å². The van der Waals surface area contributed by atoms with Crippen molar-refractivity contribution < 1.29 is 0 Å². The molecule has 0 atom stereocenters. The van der Waals surface area contributed by atoms with Crippen LogP contribution in [0.15, 0.2) is 164 Å². The van der Waals surface area contributed by atoms with E-state index in [-0.39, 0.29) is 0 Å². The number of fused-ring (bicyclic) bond motifs is 6. The van der Waals surface area contributed by atoms with Gasteiger partial charge in [0.25, 0.3) is 0 Å². The molecule has 0 aliphatic rings. The molecule has 2 aromatic heterocycles. The highest BCUT2D eigenvalue weighted by Crippen LogP contribution is 2.44. The smallest absolute Gasteiger partial charge is 0.0541 e. The van der Waals surface area contributed by atoms with E-state index in [1.165, 1.54) is 81.0 Å². The molecule has 2 heteroatoms. The first kappa shape index (κ1) is 25.1. The Morgan fingerprint density at radius 2 is 0.977 bits per heavy atom. The van der Waals surface area contributed by atoms with Crippen molar-refractivity contribution in [3.05, 3.63) is 164 Å². The summed E-state index contributed by atoms with van der Waals surface area (Å²) in [4.78, 5) is 0. The van der Waals surface area contributed by atoms with Gasteiger partial charge < -0.3 is 4.57 Å². The van der Waals surface area contributed by atoms with Crippen LogP contribution < -0.4 is 0 Å². The lowest BCUT2D eigenvalue weighted by Gasteiger charge is -2.17. The number of nitrogens with zero attached hydrogens (tertiary/aromatic N) is 1. The number of thiophene rings is 1. The fourth-order valence-corrected chi connectivity index (χ4v) is 8.08. The van der Waals surface area contributed by atoms with Gasteiger partial charge in [0.15, 0.2) is 0 Å². The molecule has 0 bridgehead atoms. The maximum absolute atomic E-state index is 2.45. The van der Waals surface area contributed by atoms with Crippen molar-refractivity contribution in [1.29, 1.82) is 0 Å². The van der Waals surface area contributed by atoms with Gasteiger partial charge in [0, 0.05) is 42.1 Å². The van der Waals surface area contributed by atoms with Gasteiger partial charge in [0.2, 0.25) is 0 Å². The molecule has 0 N–H and O–H groups in total. The Morgan fingerprint density at radius 1 is 0.364 bits per heavy atom. The third-order valence-corrected chi connectivity index (χ3v) is 10.1. The van der Waals surface area contributed by atoms with E-state index < -0.39 is 0 Å². The molecule has 0 amide bonds. The van der Waals surface area contributed by atoms with Crippen molar-refractivity contribution in [2.24, 2.45) is 0 Å². The van der Waals surface area contributed by atoms with Crippen LogP contribution in [0.2, 0.25) is 0 Å². The first-order chi connectivity index (χ1) is 21.8. The summed E-state index contributed by atoms with van der Waals surface area (Å²) in [5.41, 5.74) is 11.1. The Kier molecular flexibility index (Phi) is 5.75. The van der Waals surface area contributed by atoms with Crippen molar-refractivity contribution in [3.63, 3.8) is 0 Å². The molecule has 2 heterocycles. The zero-order chi connectivity index (χ0) is 29.0. The molecule has 0 spiro atoms. The summed E-state index contributed by atoms with van der Waals surface area (Å²) in [5.74, 6) is 0. The van der Waals surface area contributed by atoms with E-state index in [1.807, 2.05) is 11.3 Å². The van der Waals surface area contributed by atoms with E-state index in [1.54, 1.807) is 0 Å². The molecule has 206 valence electrons. The van der Waals surface area contributed by atoms with E-state index in [2.05, 4.69) is 168 Å². The summed E-state index contributed by atoms with van der Waals surface area (Å²) in [6.07, 6.45) is 0. The summed E-state index contributed by atoms with van der Waals surface area (Å²) < 4.78 is 5.11. The van der Waals surface area contributed by atoms with Crippen molar-refractivity contribution >= 4 is 53.3 Å². The highest BCUT2D eigenvalue weighted by atomic mass is 32.1. The van der Waals surface area contributed by atoms with Crippen LogP contribution in [-0.2, 0) is 0 Å². The number of aromatic nitrogens is 1. The van der Waals surface area contributed by atoms with Gasteiger partial charge in [-0.2, -0.15) is 0 Å². The second-order valence-corrected chi connectivity index (χ2v) is 12.3. The van der Waals surface area contributed by atoms with Crippen LogP contribution in [0.25, 0.3) is 81.0 Å². The second-order valence-electron chi connectivity index (χ2n) is 11.3. The molecule has 0 fully saturated rings. The average Bonchev–Trinajstić information content (AvgIpc) is 3.64. The number of benzene rings is 7. The predicted molar refractivity (Wildman–Crippen MR) is 190 cm³/mol. The SMILES string of the molecule is c1ccc(-c2ccc3c(c2)c2ccccc2n3-c2ccccc2-c2ccccc2-c2cccc3c2sc2ccccc23)cc1. The van der Waals surface area contributed by atoms with E-state index in [9.17, 15) is 0 Å². The largest absolute Gasteiger partial charge is 0.309 e. The van der Waals surface area contributed by atoms with E-state index in [4.69, 9.17) is 0 Å². The first-order valence-electron chi connectivity index (χ1n) is 15.0. The molecule has 1 nitrogen and oxygen atoms in total. The number of rotatable bonds is 4. The molecule has 0 radical (unpaired) electrons. The third kappa shape index (κ3) is 3.85. The quantitative estimate of drug-likeness (QED) is 0.196. The predicted octanol–water partition coefficient (Wildman–Crippen LogP) is 12.2. The topological polar surface area (TPSA) is 4.93 Å². The molecule has 7 aromatic carbocycles. The normalized spacial score (nSPS) is 11.6. The molecule has 9 rings (SSSR count). The molecule has 44 heavy (non-hydrogen) atoms. The monoisotopic (exact) mass is 577 g/mol. The maximum atomic E-state index is 2.45. The molecule has 9 aromatic rings. The molecule has 0 unspecified atom stereocenters. The minimum atomic E-state index is 1.18. The van der Waals surface area contributed by atoms with Crippen LogP contribution in [-0.4, -0.2) is 4.57 Å². The van der Waals surface area contributed by atoms with Crippen molar-refractivity contribution in [1.82, 2.24) is 4.57 Å². The van der Waals surface area contributed by atoms with Crippen LogP contribution in [0.4, 0.5) is 0 Å². The lowest BCUT2D eigenvalue weighted by atomic mass is 9.92. The molecule has 0 saturated carbocycles. The fourth-order valence-electron chi connectivity index (χ4n) is 6.85. The number of para-hydroxylation sites is 2. The van der Waals surface area contributed by atoms with Crippen molar-refractivity contribution in [2.75, 3.05) is 0 Å². The van der Waals surface area contributed by atoms with Crippen LogP contribution >= 0.6 is 11.3 Å². The van der Waals surface area contributed by atoms with E-state index >= 15 is 0 Å². The highest BCUT2D eigenvalue weighted by molar-refractivity contribution is 7.26. The first-order valence-corrected chi connectivity index (χ1v) is 15.8. The van der Waals surface area contributed by atoms with E-state index in [0.29, 0.717) is 0 Å². The van der Waals surface area contributed by atoms with Gasteiger partial charge in [0.1, 0.15) is 0 Å². The van der Waals surface area contributed by atoms with Gasteiger partial charge >= 0.3 is 0 Å². The minimum absolute atomic E-state index is 1.18. The average molecular weight is 578 g/mol. The molecule has 0 aliphatic heterocycles. The van der Waals surface area contributed by atoms with Gasteiger partial charge in [0.05, 0.1) is 16.7 Å². The zero-order valence-corrected chi connectivity index (χ0v) is 24.8. The number of hydrogen-bond acceptors (Lipinski definition) is 1. The minimum Gasteiger partial charge on any atom is -0.309 e. The Balaban J connectivity index is 1.30. The fraction of sp³-hybridized carbons (Fsp3) is 0. The molecule has 0 saturated heterocycles. The van der Waals surface area contributed by atoms with Gasteiger partial charge in [-0.25, -0.2) is 0 Å². The molecular formula is C42H27NS. The standard InChI is InChI=1S/C42H27NS/c1-2-13-28(14-3-1)29-25-26-40-37(27-29)33-18-7-10-23-39(33)43(40)38-22-9-6-17-32(38)30-15-4-5-16-31(30)35-20-12-21-36-34-19-8-11-24-41(34)44-42(35)36/h1-27H. The second kappa shape index (κ2) is 10.1. The Bertz CT molecular complexity index is 2500. The summed E-state index contributed by atoms with van der Waals surface area (Å²) >= 11 is 1.89. The third-order valence-electron chi connectivity index (χ3n) is 8.84. The Hall–Kier alpha value is -5.44. The van der Waals surface area contributed by atoms with E-state index in [0.717, 1.165) is 0 Å². The van der Waals surface area contributed by atoms with Gasteiger partial charge in [-0.1, -0.05) is 133 Å². The van der Waals surface area contributed by atoms with Crippen LogP contribution in [0.1, 0.15) is 0 Å². The zero-order valence-electron chi connectivity index (χ0n) is 23.9. The van der Waals surface area contributed by atoms with Crippen LogP contribution in [0.3, 0.4) is 0 Å².